The van der Waals surface area contributed by atoms with Gasteiger partial charge in [-0.05, 0) is 36.8 Å². The number of anilines is 2. The Kier molecular flexibility index (Phi) is 5.38. The van der Waals surface area contributed by atoms with Gasteiger partial charge in [-0.1, -0.05) is 24.8 Å². The van der Waals surface area contributed by atoms with Gasteiger partial charge in [-0.25, -0.2) is 14.4 Å². The average molecular weight is 405 g/mol. The van der Waals surface area contributed by atoms with Gasteiger partial charge < -0.3 is 15.5 Å². The van der Waals surface area contributed by atoms with E-state index >= 15 is 0 Å². The molecule has 8 heteroatoms. The van der Waals surface area contributed by atoms with E-state index < -0.39 is 11.7 Å². The molecule has 0 saturated carbocycles. The first-order chi connectivity index (χ1) is 14.5. The molecular weight excluding hydrogens is 385 g/mol. The normalized spacial score (nSPS) is 15.8. The molecule has 1 saturated heterocycles. The van der Waals surface area contributed by atoms with E-state index in [-0.39, 0.29) is 23.2 Å². The van der Waals surface area contributed by atoms with E-state index in [1.807, 2.05) is 24.3 Å². The van der Waals surface area contributed by atoms with Crippen molar-refractivity contribution in [2.45, 2.75) is 12.5 Å². The predicted molar refractivity (Wildman–Crippen MR) is 113 cm³/mol. The van der Waals surface area contributed by atoms with Crippen LogP contribution in [0.25, 0.3) is 10.9 Å². The monoisotopic (exact) mass is 405 g/mol. The van der Waals surface area contributed by atoms with Crippen molar-refractivity contribution >= 4 is 34.4 Å². The summed E-state index contributed by atoms with van der Waals surface area (Å²) >= 11 is 0. The summed E-state index contributed by atoms with van der Waals surface area (Å²) in [5.74, 6) is -0.938. The minimum atomic E-state index is -0.672. The molecule has 0 radical (unpaired) electrons. The lowest BCUT2D eigenvalue weighted by Gasteiger charge is -2.18. The van der Waals surface area contributed by atoms with Crippen LogP contribution in [0.1, 0.15) is 16.8 Å². The Balaban J connectivity index is 1.41. The van der Waals surface area contributed by atoms with Crippen LogP contribution in [0.2, 0.25) is 0 Å². The number of aromatic nitrogens is 2. The maximum atomic E-state index is 14.2. The number of amides is 2. The number of hydrogen-bond acceptors (Lipinski definition) is 5. The van der Waals surface area contributed by atoms with Gasteiger partial charge in [0.05, 0.1) is 11.2 Å². The number of likely N-dealkylation sites (tertiary alicyclic amines) is 1. The Bertz CT molecular complexity index is 1130. The van der Waals surface area contributed by atoms with E-state index in [2.05, 4.69) is 27.2 Å². The fourth-order valence-corrected chi connectivity index (χ4v) is 3.40. The van der Waals surface area contributed by atoms with Crippen LogP contribution in [0.3, 0.4) is 0 Å². The van der Waals surface area contributed by atoms with Crippen molar-refractivity contribution in [1.29, 1.82) is 0 Å². The molecule has 1 aromatic heterocycles. The third-order valence-corrected chi connectivity index (χ3v) is 4.96. The van der Waals surface area contributed by atoms with Crippen LogP contribution in [0.4, 0.5) is 16.0 Å². The molecule has 0 unspecified atom stereocenters. The van der Waals surface area contributed by atoms with Gasteiger partial charge in [-0.15, -0.1) is 0 Å². The van der Waals surface area contributed by atoms with Gasteiger partial charge in [0.15, 0.2) is 0 Å². The molecule has 2 aromatic carbocycles. The summed E-state index contributed by atoms with van der Waals surface area (Å²) in [6, 6.07) is 11.7. The molecule has 2 N–H and O–H groups in total. The number of hydrogen-bond donors (Lipinski definition) is 2. The minimum Gasteiger partial charge on any atom is -0.350 e. The van der Waals surface area contributed by atoms with Crippen molar-refractivity contribution < 1.29 is 14.0 Å². The third-order valence-electron chi connectivity index (χ3n) is 4.96. The Morgan fingerprint density at radius 3 is 2.87 bits per heavy atom. The smallest absolute Gasteiger partial charge is 0.254 e. The number of nitrogens with zero attached hydrogens (tertiary/aromatic N) is 3. The van der Waals surface area contributed by atoms with Gasteiger partial charge in [0, 0.05) is 36.3 Å². The topological polar surface area (TPSA) is 87.2 Å². The second kappa shape index (κ2) is 8.28. The summed E-state index contributed by atoms with van der Waals surface area (Å²) in [7, 11) is 0. The van der Waals surface area contributed by atoms with E-state index in [0.29, 0.717) is 19.0 Å². The van der Waals surface area contributed by atoms with Crippen LogP contribution in [0.15, 0.2) is 61.3 Å². The quantitative estimate of drug-likeness (QED) is 0.637. The van der Waals surface area contributed by atoms with Gasteiger partial charge >= 0.3 is 0 Å². The Hall–Kier alpha value is -3.81. The van der Waals surface area contributed by atoms with Gasteiger partial charge in [0.1, 0.15) is 5.82 Å². The zero-order chi connectivity index (χ0) is 21.1. The summed E-state index contributed by atoms with van der Waals surface area (Å²) in [5, 5.41) is 6.59. The van der Waals surface area contributed by atoms with Crippen LogP contribution in [-0.2, 0) is 4.79 Å². The molecule has 4 rings (SSSR count). The number of nitrogens with one attached hydrogen (secondary N) is 2. The molecule has 0 bridgehead atoms. The summed E-state index contributed by atoms with van der Waals surface area (Å²) in [6.45, 7) is 4.33. The van der Waals surface area contributed by atoms with Crippen molar-refractivity contribution in [3.8, 4) is 0 Å². The lowest BCUT2D eigenvalue weighted by molar-refractivity contribution is -0.111. The maximum Gasteiger partial charge on any atom is 0.254 e. The largest absolute Gasteiger partial charge is 0.350 e. The van der Waals surface area contributed by atoms with Crippen molar-refractivity contribution in [2.75, 3.05) is 23.7 Å². The molecule has 7 nitrogen and oxygen atoms in total. The Morgan fingerprint density at radius 2 is 2.07 bits per heavy atom. The predicted octanol–water partition coefficient (Wildman–Crippen LogP) is 3.22. The number of carbonyl (C=O) groups is 2. The van der Waals surface area contributed by atoms with Gasteiger partial charge in [0.25, 0.3) is 5.91 Å². The first-order valence-electron chi connectivity index (χ1n) is 9.54. The molecule has 2 amide bonds. The van der Waals surface area contributed by atoms with E-state index in [1.54, 1.807) is 11.1 Å². The molecule has 30 heavy (non-hydrogen) atoms. The maximum absolute atomic E-state index is 14.2. The molecular formula is C22H20FN5O2. The average Bonchev–Trinajstić information content (AvgIpc) is 3.22. The van der Waals surface area contributed by atoms with Crippen LogP contribution in [-0.4, -0.2) is 45.8 Å². The fourth-order valence-electron chi connectivity index (χ4n) is 3.40. The Morgan fingerprint density at radius 1 is 1.23 bits per heavy atom. The number of fused-ring (bicyclic) bond motifs is 1. The zero-order valence-corrected chi connectivity index (χ0v) is 16.1. The van der Waals surface area contributed by atoms with E-state index in [1.165, 1.54) is 12.1 Å². The SMILES string of the molecule is C=CC(=O)Nc1ccc(C(=O)N2CC[C@H](Nc3ncc4ccccc4n3)C2)cc1F. The van der Waals surface area contributed by atoms with Crippen LogP contribution < -0.4 is 10.6 Å². The van der Waals surface area contributed by atoms with Crippen molar-refractivity contribution in [1.82, 2.24) is 14.9 Å². The number of rotatable bonds is 5. The second-order valence-corrected chi connectivity index (χ2v) is 7.02. The molecule has 3 aromatic rings. The molecule has 0 spiro atoms. The van der Waals surface area contributed by atoms with Crippen LogP contribution in [0.5, 0.6) is 0 Å². The highest BCUT2D eigenvalue weighted by Gasteiger charge is 2.28. The number of benzene rings is 2. The summed E-state index contributed by atoms with van der Waals surface area (Å²) in [6.07, 6.45) is 3.55. The highest BCUT2D eigenvalue weighted by atomic mass is 19.1. The van der Waals surface area contributed by atoms with Crippen LogP contribution in [0, 0.1) is 5.82 Å². The molecule has 2 heterocycles. The highest BCUT2D eigenvalue weighted by Crippen LogP contribution is 2.21. The standard InChI is InChI=1S/C22H20FN5O2/c1-2-20(29)26-19-8-7-14(11-17(19)23)21(30)28-10-9-16(13-28)25-22-24-12-15-5-3-4-6-18(15)27-22/h2-8,11-12,16H,1,9-10,13H2,(H,26,29)(H,24,25,27)/t16-/m0/s1. The van der Waals surface area contributed by atoms with Gasteiger partial charge in [-0.2, -0.15) is 0 Å². The molecule has 1 fully saturated rings. The third kappa shape index (κ3) is 4.12. The number of para-hydroxylation sites is 1. The fraction of sp³-hybridized carbons (Fsp3) is 0.182. The molecule has 1 atom stereocenters. The highest BCUT2D eigenvalue weighted by molar-refractivity contribution is 6.00. The molecule has 1 aliphatic heterocycles. The van der Waals surface area contributed by atoms with E-state index in [4.69, 9.17) is 0 Å². The van der Waals surface area contributed by atoms with Gasteiger partial charge in [0.2, 0.25) is 11.9 Å². The second-order valence-electron chi connectivity index (χ2n) is 7.02. The minimum absolute atomic E-state index is 0.00543. The summed E-state index contributed by atoms with van der Waals surface area (Å²) in [4.78, 5) is 34.6. The lowest BCUT2D eigenvalue weighted by atomic mass is 10.1. The molecule has 152 valence electrons. The molecule has 1 aliphatic rings. The van der Waals surface area contributed by atoms with Crippen molar-refractivity contribution in [3.63, 3.8) is 0 Å². The van der Waals surface area contributed by atoms with E-state index in [0.717, 1.165) is 29.5 Å². The van der Waals surface area contributed by atoms with Crippen molar-refractivity contribution in [3.05, 3.63) is 72.7 Å². The lowest BCUT2D eigenvalue weighted by Crippen LogP contribution is -2.32. The summed E-state index contributed by atoms with van der Waals surface area (Å²) in [5.41, 5.74) is 1.08. The van der Waals surface area contributed by atoms with E-state index in [9.17, 15) is 14.0 Å². The first-order valence-corrected chi connectivity index (χ1v) is 9.54. The molecule has 0 aliphatic carbocycles. The number of carbonyl (C=O) groups excluding carboxylic acids is 2. The Labute approximate surface area is 172 Å². The summed E-state index contributed by atoms with van der Waals surface area (Å²) < 4.78 is 14.2. The number of halogens is 1. The van der Waals surface area contributed by atoms with Crippen LogP contribution >= 0.6 is 0 Å². The first kappa shape index (κ1) is 19.5. The van der Waals surface area contributed by atoms with Crippen molar-refractivity contribution in [2.24, 2.45) is 0 Å². The van der Waals surface area contributed by atoms with Gasteiger partial charge in [-0.3, -0.25) is 9.59 Å². The zero-order valence-electron chi connectivity index (χ0n) is 16.1.